The van der Waals surface area contributed by atoms with Gasteiger partial charge in [-0.2, -0.15) is 0 Å². The van der Waals surface area contributed by atoms with Gasteiger partial charge in [-0.25, -0.2) is 0 Å². The Balaban J connectivity index is 2.27. The van der Waals surface area contributed by atoms with Crippen LogP contribution in [-0.2, 0) is 16.6 Å². The SMILES string of the molecule is CCOC(=O)C(CC)Sc1cn(C)c2ccccc12. The summed E-state index contributed by atoms with van der Waals surface area (Å²) in [6.07, 6.45) is 2.85. The predicted octanol–water partition coefficient (Wildman–Crippen LogP) is 3.61. The molecule has 3 nitrogen and oxygen atoms in total. The lowest BCUT2D eigenvalue weighted by Gasteiger charge is -2.12. The summed E-state index contributed by atoms with van der Waals surface area (Å²) in [6, 6.07) is 8.23. The van der Waals surface area contributed by atoms with Gasteiger partial charge in [-0.15, -0.1) is 11.8 Å². The number of hydrogen-bond acceptors (Lipinski definition) is 3. The maximum Gasteiger partial charge on any atom is 0.319 e. The summed E-state index contributed by atoms with van der Waals surface area (Å²) in [5.74, 6) is -0.122. The molecule has 1 heterocycles. The van der Waals surface area contributed by atoms with E-state index in [4.69, 9.17) is 4.74 Å². The van der Waals surface area contributed by atoms with Crippen molar-refractivity contribution in [3.8, 4) is 0 Å². The molecule has 2 rings (SSSR count). The van der Waals surface area contributed by atoms with Crippen molar-refractivity contribution in [2.24, 2.45) is 7.05 Å². The Morgan fingerprint density at radius 3 is 2.79 bits per heavy atom. The van der Waals surface area contributed by atoms with Gasteiger partial charge in [0.2, 0.25) is 0 Å². The van der Waals surface area contributed by atoms with E-state index in [1.165, 1.54) is 10.9 Å². The third kappa shape index (κ3) is 2.95. The van der Waals surface area contributed by atoms with Gasteiger partial charge in [-0.05, 0) is 19.4 Å². The fraction of sp³-hybridized carbons (Fsp3) is 0.400. The van der Waals surface area contributed by atoms with Crippen molar-refractivity contribution in [2.75, 3.05) is 6.61 Å². The van der Waals surface area contributed by atoms with E-state index in [0.29, 0.717) is 6.61 Å². The van der Waals surface area contributed by atoms with Crippen molar-refractivity contribution >= 4 is 28.6 Å². The van der Waals surface area contributed by atoms with Gasteiger partial charge < -0.3 is 9.30 Å². The second kappa shape index (κ2) is 6.15. The summed E-state index contributed by atoms with van der Waals surface area (Å²) in [4.78, 5) is 13.0. The molecule has 0 spiro atoms. The lowest BCUT2D eigenvalue weighted by molar-refractivity contribution is -0.142. The van der Waals surface area contributed by atoms with Gasteiger partial charge in [0, 0.05) is 29.0 Å². The van der Waals surface area contributed by atoms with E-state index in [1.54, 1.807) is 11.8 Å². The lowest BCUT2D eigenvalue weighted by atomic mass is 10.2. The van der Waals surface area contributed by atoms with Crippen LogP contribution in [0.25, 0.3) is 10.9 Å². The van der Waals surface area contributed by atoms with Gasteiger partial charge in [-0.3, -0.25) is 4.79 Å². The summed E-state index contributed by atoms with van der Waals surface area (Å²) >= 11 is 1.59. The molecule has 1 unspecified atom stereocenters. The van der Waals surface area contributed by atoms with Crippen LogP contribution in [0, 0.1) is 0 Å². The Labute approximate surface area is 117 Å². The molecule has 0 radical (unpaired) electrons. The number of aromatic nitrogens is 1. The van der Waals surface area contributed by atoms with E-state index in [9.17, 15) is 4.79 Å². The van der Waals surface area contributed by atoms with E-state index in [0.717, 1.165) is 11.3 Å². The van der Waals surface area contributed by atoms with Gasteiger partial charge in [0.05, 0.1) is 6.61 Å². The number of ether oxygens (including phenoxy) is 1. The maximum atomic E-state index is 11.9. The van der Waals surface area contributed by atoms with Gasteiger partial charge >= 0.3 is 5.97 Å². The van der Waals surface area contributed by atoms with Gasteiger partial charge in [0.25, 0.3) is 0 Å². The molecule has 0 saturated carbocycles. The van der Waals surface area contributed by atoms with Crippen LogP contribution in [0.15, 0.2) is 35.4 Å². The molecular weight excluding hydrogens is 258 g/mol. The number of thioether (sulfide) groups is 1. The van der Waals surface area contributed by atoms with Crippen LogP contribution < -0.4 is 0 Å². The zero-order chi connectivity index (χ0) is 13.8. The molecule has 0 bridgehead atoms. The first kappa shape index (κ1) is 14.0. The highest BCUT2D eigenvalue weighted by Gasteiger charge is 2.20. The van der Waals surface area contributed by atoms with E-state index < -0.39 is 0 Å². The van der Waals surface area contributed by atoms with Gasteiger partial charge in [0.1, 0.15) is 5.25 Å². The average Bonchev–Trinajstić information content (AvgIpc) is 2.73. The number of para-hydroxylation sites is 1. The molecule has 102 valence electrons. The zero-order valence-corrected chi connectivity index (χ0v) is 12.4. The summed E-state index contributed by atoms with van der Waals surface area (Å²) in [7, 11) is 2.03. The number of hydrogen-bond donors (Lipinski definition) is 0. The number of benzene rings is 1. The van der Waals surface area contributed by atoms with Crippen LogP contribution in [0.2, 0.25) is 0 Å². The molecule has 1 aromatic heterocycles. The van der Waals surface area contributed by atoms with Crippen LogP contribution in [0.1, 0.15) is 20.3 Å². The van der Waals surface area contributed by atoms with E-state index in [2.05, 4.69) is 22.9 Å². The van der Waals surface area contributed by atoms with Crippen LogP contribution in [0.4, 0.5) is 0 Å². The van der Waals surface area contributed by atoms with Crippen LogP contribution in [0.3, 0.4) is 0 Å². The average molecular weight is 277 g/mol. The number of carbonyl (C=O) groups is 1. The molecule has 0 saturated heterocycles. The highest BCUT2D eigenvalue weighted by atomic mass is 32.2. The summed E-state index contributed by atoms with van der Waals surface area (Å²) in [5.41, 5.74) is 1.18. The smallest absolute Gasteiger partial charge is 0.319 e. The van der Waals surface area contributed by atoms with Gasteiger partial charge in [0.15, 0.2) is 0 Å². The molecule has 0 fully saturated rings. The lowest BCUT2D eigenvalue weighted by Crippen LogP contribution is -2.19. The van der Waals surface area contributed by atoms with Crippen molar-refractivity contribution in [2.45, 2.75) is 30.4 Å². The van der Waals surface area contributed by atoms with Crippen molar-refractivity contribution < 1.29 is 9.53 Å². The van der Waals surface area contributed by atoms with Gasteiger partial charge in [-0.1, -0.05) is 25.1 Å². The van der Waals surface area contributed by atoms with Crippen molar-refractivity contribution in [3.05, 3.63) is 30.5 Å². The molecule has 0 aliphatic heterocycles. The number of nitrogens with zero attached hydrogens (tertiary/aromatic N) is 1. The maximum absolute atomic E-state index is 11.9. The van der Waals surface area contributed by atoms with Crippen molar-refractivity contribution in [3.63, 3.8) is 0 Å². The van der Waals surface area contributed by atoms with Crippen LogP contribution >= 0.6 is 11.8 Å². The van der Waals surface area contributed by atoms with E-state index in [1.807, 2.05) is 33.0 Å². The third-order valence-electron chi connectivity index (χ3n) is 3.05. The minimum absolute atomic E-state index is 0.122. The summed E-state index contributed by atoms with van der Waals surface area (Å²) in [5, 5.41) is 1.06. The Morgan fingerprint density at radius 2 is 2.11 bits per heavy atom. The summed E-state index contributed by atoms with van der Waals surface area (Å²) in [6.45, 7) is 4.29. The molecule has 0 aliphatic rings. The Hall–Kier alpha value is -1.42. The molecular formula is C15H19NO2S. The normalized spacial score (nSPS) is 12.6. The van der Waals surface area contributed by atoms with Crippen LogP contribution in [-0.4, -0.2) is 22.4 Å². The quantitative estimate of drug-likeness (QED) is 0.618. The Kier molecular flexibility index (Phi) is 4.53. The zero-order valence-electron chi connectivity index (χ0n) is 11.6. The number of aryl methyl sites for hydroxylation is 1. The minimum Gasteiger partial charge on any atom is -0.465 e. The first-order chi connectivity index (χ1) is 9.17. The van der Waals surface area contributed by atoms with Crippen molar-refractivity contribution in [1.82, 2.24) is 4.57 Å². The molecule has 1 atom stereocenters. The molecule has 0 aliphatic carbocycles. The minimum atomic E-state index is -0.134. The summed E-state index contributed by atoms with van der Waals surface area (Å²) < 4.78 is 7.21. The van der Waals surface area contributed by atoms with E-state index >= 15 is 0 Å². The number of rotatable bonds is 5. The second-order valence-corrected chi connectivity index (χ2v) is 5.63. The largest absolute Gasteiger partial charge is 0.465 e. The van der Waals surface area contributed by atoms with Crippen molar-refractivity contribution in [1.29, 1.82) is 0 Å². The second-order valence-electron chi connectivity index (χ2n) is 4.39. The molecule has 0 N–H and O–H groups in total. The first-order valence-corrected chi connectivity index (χ1v) is 7.42. The topological polar surface area (TPSA) is 31.2 Å². The fourth-order valence-corrected chi connectivity index (χ4v) is 3.24. The highest BCUT2D eigenvalue weighted by Crippen LogP contribution is 2.33. The van der Waals surface area contributed by atoms with E-state index in [-0.39, 0.29) is 11.2 Å². The number of fused-ring (bicyclic) bond motifs is 1. The molecule has 2 aromatic rings. The molecule has 19 heavy (non-hydrogen) atoms. The standard InChI is InChI=1S/C15H19NO2S/c1-4-13(15(17)18-5-2)19-14-10-16(3)12-9-7-6-8-11(12)14/h6-10,13H,4-5H2,1-3H3. The fourth-order valence-electron chi connectivity index (χ4n) is 2.09. The Morgan fingerprint density at radius 1 is 1.37 bits per heavy atom. The molecule has 4 heteroatoms. The third-order valence-corrected chi connectivity index (χ3v) is 4.44. The monoisotopic (exact) mass is 277 g/mol. The highest BCUT2D eigenvalue weighted by molar-refractivity contribution is 8.00. The Bertz CT molecular complexity index is 577. The molecule has 1 aromatic carbocycles. The van der Waals surface area contributed by atoms with Crippen LogP contribution in [0.5, 0.6) is 0 Å². The number of carbonyl (C=O) groups excluding carboxylic acids is 1. The first-order valence-electron chi connectivity index (χ1n) is 6.54. The molecule has 0 amide bonds. The predicted molar refractivity (Wildman–Crippen MR) is 79.5 cm³/mol. The number of esters is 1.